The Bertz CT molecular complexity index is 609. The van der Waals surface area contributed by atoms with Gasteiger partial charge in [0.2, 0.25) is 0 Å². The van der Waals surface area contributed by atoms with Crippen LogP contribution in [0.5, 0.6) is 0 Å². The predicted octanol–water partition coefficient (Wildman–Crippen LogP) is 1.43. The largest absolute Gasteiger partial charge is 0.386 e. The molecule has 0 radical (unpaired) electrons. The van der Waals surface area contributed by atoms with Crippen LogP contribution in [0.2, 0.25) is 0 Å². The first-order valence-electron chi connectivity index (χ1n) is 5.13. The summed E-state index contributed by atoms with van der Waals surface area (Å²) < 4.78 is 27.1. The third-order valence-electron chi connectivity index (χ3n) is 2.72. The minimum Gasteiger partial charge on any atom is -0.386 e. The number of fused-ring (bicyclic) bond motifs is 1. The molecule has 1 aromatic carbocycles. The van der Waals surface area contributed by atoms with Crippen molar-refractivity contribution in [3.8, 4) is 0 Å². The Morgan fingerprint density at radius 3 is 2.56 bits per heavy atom. The molecular formula is C10H11N3O4S. The molecule has 0 unspecified atom stereocenters. The highest BCUT2D eigenvalue weighted by Crippen LogP contribution is 2.43. The molecule has 0 amide bonds. The SMILES string of the molecule is CS(=O)(=O)O[C@H]1[C@H](O)c2ccccc2[C@@H]1N=[N+]=[N-]. The molecule has 0 saturated heterocycles. The van der Waals surface area contributed by atoms with Crippen LogP contribution in [0.1, 0.15) is 23.3 Å². The van der Waals surface area contributed by atoms with Crippen molar-refractivity contribution in [2.45, 2.75) is 18.2 Å². The van der Waals surface area contributed by atoms with Gasteiger partial charge in [0.25, 0.3) is 10.1 Å². The van der Waals surface area contributed by atoms with E-state index in [2.05, 4.69) is 10.0 Å². The van der Waals surface area contributed by atoms with Crippen molar-refractivity contribution in [3.05, 3.63) is 45.8 Å². The highest BCUT2D eigenvalue weighted by molar-refractivity contribution is 7.86. The number of hydrogen-bond donors (Lipinski definition) is 1. The first-order chi connectivity index (χ1) is 8.44. The van der Waals surface area contributed by atoms with Crippen molar-refractivity contribution in [2.75, 3.05) is 6.26 Å². The molecule has 0 aromatic heterocycles. The monoisotopic (exact) mass is 269 g/mol. The Morgan fingerprint density at radius 1 is 1.39 bits per heavy atom. The van der Waals surface area contributed by atoms with Crippen LogP contribution in [-0.2, 0) is 14.3 Å². The van der Waals surface area contributed by atoms with Crippen molar-refractivity contribution in [3.63, 3.8) is 0 Å². The number of rotatable bonds is 3. The van der Waals surface area contributed by atoms with Crippen LogP contribution >= 0.6 is 0 Å². The highest BCUT2D eigenvalue weighted by Gasteiger charge is 2.42. The fourth-order valence-corrected chi connectivity index (χ4v) is 2.68. The van der Waals surface area contributed by atoms with Gasteiger partial charge < -0.3 is 5.11 Å². The molecule has 1 N–H and O–H groups in total. The van der Waals surface area contributed by atoms with E-state index in [-0.39, 0.29) is 0 Å². The number of nitrogens with zero attached hydrogens (tertiary/aromatic N) is 3. The average molecular weight is 269 g/mol. The Balaban J connectivity index is 2.46. The lowest BCUT2D eigenvalue weighted by atomic mass is 10.1. The molecule has 18 heavy (non-hydrogen) atoms. The minimum absolute atomic E-state index is 0.517. The van der Waals surface area contributed by atoms with E-state index < -0.39 is 28.4 Å². The fourth-order valence-electron chi connectivity index (χ4n) is 2.07. The summed E-state index contributed by atoms with van der Waals surface area (Å²) in [6.07, 6.45) is -1.37. The molecule has 0 bridgehead atoms. The summed E-state index contributed by atoms with van der Waals surface area (Å²) in [6, 6.07) is 5.89. The number of azide groups is 1. The van der Waals surface area contributed by atoms with E-state index in [1.807, 2.05) is 0 Å². The zero-order valence-corrected chi connectivity index (χ0v) is 10.3. The van der Waals surface area contributed by atoms with Gasteiger partial charge in [-0.3, -0.25) is 4.18 Å². The van der Waals surface area contributed by atoms with Crippen LogP contribution in [0, 0.1) is 0 Å². The molecule has 0 spiro atoms. The molecule has 1 aliphatic carbocycles. The van der Waals surface area contributed by atoms with Gasteiger partial charge in [0, 0.05) is 4.91 Å². The molecule has 1 aliphatic rings. The first-order valence-corrected chi connectivity index (χ1v) is 6.95. The molecule has 7 nitrogen and oxygen atoms in total. The lowest BCUT2D eigenvalue weighted by Crippen LogP contribution is -2.24. The molecule has 2 rings (SSSR count). The predicted molar refractivity (Wildman–Crippen MR) is 63.0 cm³/mol. The number of hydrogen-bond acceptors (Lipinski definition) is 5. The molecule has 96 valence electrons. The van der Waals surface area contributed by atoms with Gasteiger partial charge in [-0.05, 0) is 16.7 Å². The Morgan fingerprint density at radius 2 is 2.00 bits per heavy atom. The van der Waals surface area contributed by atoms with Gasteiger partial charge >= 0.3 is 0 Å². The van der Waals surface area contributed by atoms with E-state index in [0.29, 0.717) is 11.1 Å². The summed E-state index contributed by atoms with van der Waals surface area (Å²) >= 11 is 0. The summed E-state index contributed by atoms with van der Waals surface area (Å²) in [5.41, 5.74) is 9.62. The maximum atomic E-state index is 11.2. The Kier molecular flexibility index (Phi) is 3.27. The second kappa shape index (κ2) is 4.58. The van der Waals surface area contributed by atoms with Crippen molar-refractivity contribution in [2.24, 2.45) is 5.11 Å². The Hall–Kier alpha value is -1.60. The van der Waals surface area contributed by atoms with Crippen LogP contribution < -0.4 is 0 Å². The lowest BCUT2D eigenvalue weighted by molar-refractivity contribution is 0.0403. The van der Waals surface area contributed by atoms with E-state index in [1.54, 1.807) is 24.3 Å². The summed E-state index contributed by atoms with van der Waals surface area (Å²) in [5.74, 6) is 0. The van der Waals surface area contributed by atoms with Gasteiger partial charge in [-0.2, -0.15) is 8.42 Å². The molecule has 0 aliphatic heterocycles. The smallest absolute Gasteiger partial charge is 0.264 e. The summed E-state index contributed by atoms with van der Waals surface area (Å²) in [5, 5.41) is 13.5. The maximum Gasteiger partial charge on any atom is 0.264 e. The van der Waals surface area contributed by atoms with Crippen molar-refractivity contribution >= 4 is 10.1 Å². The molecule has 0 fully saturated rings. The number of aliphatic hydroxyl groups is 1. The topological polar surface area (TPSA) is 112 Å². The van der Waals surface area contributed by atoms with E-state index in [9.17, 15) is 13.5 Å². The zero-order valence-electron chi connectivity index (χ0n) is 9.46. The van der Waals surface area contributed by atoms with E-state index in [4.69, 9.17) is 9.71 Å². The molecule has 1 aromatic rings. The summed E-state index contributed by atoms with van der Waals surface area (Å²) in [6.45, 7) is 0. The van der Waals surface area contributed by atoms with E-state index >= 15 is 0 Å². The van der Waals surface area contributed by atoms with Crippen molar-refractivity contribution in [1.82, 2.24) is 0 Å². The van der Waals surface area contributed by atoms with Gasteiger partial charge in [-0.25, -0.2) is 0 Å². The standard InChI is InChI=1S/C10H11N3O4S/c1-18(15,16)17-10-8(12-13-11)6-4-2-3-5-7(6)9(10)14/h2-5,8-10,14H,1H3/t8-,9+,10+/m0/s1. The summed E-state index contributed by atoms with van der Waals surface area (Å²) in [7, 11) is -3.75. The molecule has 0 saturated carbocycles. The van der Waals surface area contributed by atoms with E-state index in [1.165, 1.54) is 0 Å². The van der Waals surface area contributed by atoms with Gasteiger partial charge in [-0.15, -0.1) is 0 Å². The molecule has 0 heterocycles. The molecule has 8 heteroatoms. The Labute approximate surface area is 104 Å². The van der Waals surface area contributed by atoms with Gasteiger partial charge in [0.15, 0.2) is 0 Å². The van der Waals surface area contributed by atoms with Crippen molar-refractivity contribution in [1.29, 1.82) is 0 Å². The van der Waals surface area contributed by atoms with Crippen LogP contribution in [0.25, 0.3) is 10.4 Å². The van der Waals surface area contributed by atoms with Crippen LogP contribution in [0.15, 0.2) is 29.4 Å². The van der Waals surface area contributed by atoms with Crippen molar-refractivity contribution < 1.29 is 17.7 Å². The molecular weight excluding hydrogens is 258 g/mol. The maximum absolute atomic E-state index is 11.2. The van der Waals surface area contributed by atoms with Crippen LogP contribution in [0.4, 0.5) is 0 Å². The quantitative estimate of drug-likeness (QED) is 0.387. The third-order valence-corrected chi connectivity index (χ3v) is 3.29. The highest BCUT2D eigenvalue weighted by atomic mass is 32.2. The van der Waals surface area contributed by atoms with Crippen LogP contribution in [0.3, 0.4) is 0 Å². The van der Waals surface area contributed by atoms with E-state index in [0.717, 1.165) is 6.26 Å². The first kappa shape index (κ1) is 12.8. The fraction of sp³-hybridized carbons (Fsp3) is 0.400. The zero-order chi connectivity index (χ0) is 13.3. The number of aliphatic hydroxyl groups excluding tert-OH is 1. The second-order valence-electron chi connectivity index (χ2n) is 3.99. The normalized spacial score (nSPS) is 26.4. The third kappa shape index (κ3) is 2.32. The van der Waals surface area contributed by atoms with Crippen LogP contribution in [-0.4, -0.2) is 25.9 Å². The summed E-state index contributed by atoms with van der Waals surface area (Å²) in [4.78, 5) is 2.67. The number of benzene rings is 1. The van der Waals surface area contributed by atoms with Gasteiger partial charge in [0.05, 0.1) is 12.3 Å². The molecule has 3 atom stereocenters. The van der Waals surface area contributed by atoms with Gasteiger partial charge in [0.1, 0.15) is 12.2 Å². The second-order valence-corrected chi connectivity index (χ2v) is 5.59. The average Bonchev–Trinajstić information content (AvgIpc) is 2.54. The van der Waals surface area contributed by atoms with Gasteiger partial charge in [-0.1, -0.05) is 29.4 Å². The minimum atomic E-state index is -3.75. The lowest BCUT2D eigenvalue weighted by Gasteiger charge is -2.17.